The number of hydrogen-bond donors (Lipinski definition) is 3. The summed E-state index contributed by atoms with van der Waals surface area (Å²) in [7, 11) is 0. The van der Waals surface area contributed by atoms with Crippen LogP contribution >= 0.6 is 0 Å². The molecule has 0 unspecified atom stereocenters. The molecule has 0 aliphatic heterocycles. The van der Waals surface area contributed by atoms with Gasteiger partial charge in [-0.3, -0.25) is 4.79 Å². The van der Waals surface area contributed by atoms with E-state index in [9.17, 15) is 14.7 Å². The second-order valence-corrected chi connectivity index (χ2v) is 6.38. The van der Waals surface area contributed by atoms with Crippen LogP contribution in [0.25, 0.3) is 0 Å². The number of aliphatic carboxylic acids is 1. The molecular formula is C16H30N2O3. The Bertz CT molecular complexity index is 361. The van der Waals surface area contributed by atoms with E-state index in [1.807, 2.05) is 13.8 Å². The highest BCUT2D eigenvalue weighted by Crippen LogP contribution is 2.35. The Morgan fingerprint density at radius 3 is 2.10 bits per heavy atom. The van der Waals surface area contributed by atoms with Crippen LogP contribution in [0.3, 0.4) is 0 Å². The van der Waals surface area contributed by atoms with Crippen LogP contribution in [0.5, 0.6) is 0 Å². The van der Waals surface area contributed by atoms with Crippen LogP contribution < -0.4 is 11.1 Å². The van der Waals surface area contributed by atoms with Gasteiger partial charge in [0, 0.05) is 6.54 Å². The van der Waals surface area contributed by atoms with Gasteiger partial charge < -0.3 is 16.2 Å². The Morgan fingerprint density at radius 1 is 1.24 bits per heavy atom. The molecule has 0 aromatic rings. The number of carboxylic acid groups (broad SMARTS) is 1. The number of hydrogen-bond acceptors (Lipinski definition) is 3. The fourth-order valence-corrected chi connectivity index (χ4v) is 3.27. The van der Waals surface area contributed by atoms with Gasteiger partial charge in [-0.1, -0.05) is 27.2 Å². The molecule has 1 fully saturated rings. The quantitative estimate of drug-likeness (QED) is 0.672. The van der Waals surface area contributed by atoms with E-state index in [2.05, 4.69) is 12.2 Å². The Hall–Kier alpha value is -1.10. The maximum absolute atomic E-state index is 12.6. The first-order chi connectivity index (χ1) is 9.89. The fraction of sp³-hybridized carbons (Fsp3) is 0.875. The Balaban J connectivity index is 2.89. The van der Waals surface area contributed by atoms with E-state index in [0.717, 1.165) is 19.3 Å². The Morgan fingerprint density at radius 2 is 1.76 bits per heavy atom. The lowest BCUT2D eigenvalue weighted by Crippen LogP contribution is -2.60. The molecule has 0 aromatic heterocycles. The Labute approximate surface area is 127 Å². The third kappa shape index (κ3) is 3.57. The fourth-order valence-electron chi connectivity index (χ4n) is 3.27. The third-order valence-corrected chi connectivity index (χ3v) is 5.52. The Kier molecular flexibility index (Phi) is 6.20. The molecule has 4 N–H and O–H groups in total. The summed E-state index contributed by atoms with van der Waals surface area (Å²) in [4.78, 5) is 24.4. The van der Waals surface area contributed by atoms with Crippen LogP contribution in [0, 0.1) is 11.3 Å². The van der Waals surface area contributed by atoms with Crippen molar-refractivity contribution in [1.29, 1.82) is 0 Å². The van der Waals surface area contributed by atoms with Crippen molar-refractivity contribution in [3.8, 4) is 0 Å². The van der Waals surface area contributed by atoms with Crippen LogP contribution in [-0.2, 0) is 9.59 Å². The third-order valence-electron chi connectivity index (χ3n) is 5.52. The average molecular weight is 298 g/mol. The molecule has 5 nitrogen and oxygen atoms in total. The van der Waals surface area contributed by atoms with Crippen molar-refractivity contribution >= 4 is 11.9 Å². The van der Waals surface area contributed by atoms with Gasteiger partial charge >= 0.3 is 5.97 Å². The van der Waals surface area contributed by atoms with Crippen molar-refractivity contribution in [1.82, 2.24) is 5.32 Å². The molecule has 0 aromatic carbocycles. The summed E-state index contributed by atoms with van der Waals surface area (Å²) < 4.78 is 0. The van der Waals surface area contributed by atoms with E-state index < -0.39 is 16.9 Å². The first-order valence-electron chi connectivity index (χ1n) is 8.15. The second kappa shape index (κ2) is 7.25. The zero-order valence-electron chi connectivity index (χ0n) is 13.6. The molecule has 0 heterocycles. The van der Waals surface area contributed by atoms with Gasteiger partial charge in [0.1, 0.15) is 5.54 Å². The summed E-state index contributed by atoms with van der Waals surface area (Å²) in [6.07, 6.45) is 5.06. The molecule has 122 valence electrons. The molecule has 5 heteroatoms. The minimum atomic E-state index is -1.10. The number of carboxylic acids is 1. The summed E-state index contributed by atoms with van der Waals surface area (Å²) >= 11 is 0. The van der Waals surface area contributed by atoms with Gasteiger partial charge in [0.25, 0.3) is 0 Å². The molecule has 0 radical (unpaired) electrons. The molecular weight excluding hydrogens is 268 g/mol. The maximum atomic E-state index is 12.6. The summed E-state index contributed by atoms with van der Waals surface area (Å²) in [5, 5.41) is 12.5. The topological polar surface area (TPSA) is 92.4 Å². The zero-order chi connectivity index (χ0) is 16.1. The monoisotopic (exact) mass is 298 g/mol. The molecule has 0 spiro atoms. The molecule has 1 amide bonds. The number of rotatable bonds is 7. The van der Waals surface area contributed by atoms with Gasteiger partial charge in [0.15, 0.2) is 0 Å². The van der Waals surface area contributed by atoms with Crippen molar-refractivity contribution < 1.29 is 14.7 Å². The first kappa shape index (κ1) is 18.0. The van der Waals surface area contributed by atoms with Crippen LogP contribution in [-0.4, -0.2) is 29.1 Å². The molecule has 1 aliphatic carbocycles. The van der Waals surface area contributed by atoms with Gasteiger partial charge in [0.05, 0.1) is 5.41 Å². The highest BCUT2D eigenvalue weighted by Gasteiger charge is 2.46. The lowest BCUT2D eigenvalue weighted by Gasteiger charge is -2.40. The van der Waals surface area contributed by atoms with E-state index in [-0.39, 0.29) is 12.5 Å². The molecule has 21 heavy (non-hydrogen) atoms. The van der Waals surface area contributed by atoms with Gasteiger partial charge in [0.2, 0.25) is 5.91 Å². The first-order valence-corrected chi connectivity index (χ1v) is 8.15. The summed E-state index contributed by atoms with van der Waals surface area (Å²) in [5.41, 5.74) is 4.04. The number of amides is 1. The largest absolute Gasteiger partial charge is 0.480 e. The molecule has 0 bridgehead atoms. The van der Waals surface area contributed by atoms with E-state index in [0.29, 0.717) is 31.6 Å². The standard InChI is InChI=1S/C16H30N2O3/c1-4-12-7-9-16(10-8-12,14(20)21)18-13(19)15(5-2,6-3)11-17/h12H,4-11,17H2,1-3H3,(H,18,19)(H,20,21). The van der Waals surface area contributed by atoms with Crippen molar-refractivity contribution in [3.63, 3.8) is 0 Å². The lowest BCUT2D eigenvalue weighted by molar-refractivity contribution is -0.152. The number of nitrogens with two attached hydrogens (primary N) is 1. The van der Waals surface area contributed by atoms with Gasteiger partial charge in [-0.05, 0) is 44.4 Å². The van der Waals surface area contributed by atoms with Crippen LogP contribution in [0.2, 0.25) is 0 Å². The SMILES string of the molecule is CCC1CCC(NC(=O)C(CC)(CC)CN)(C(=O)O)CC1. The summed E-state index contributed by atoms with van der Waals surface area (Å²) in [5.74, 6) is -0.540. The minimum absolute atomic E-state index is 0.202. The minimum Gasteiger partial charge on any atom is -0.480 e. The van der Waals surface area contributed by atoms with Crippen LogP contribution in [0.1, 0.15) is 65.7 Å². The van der Waals surface area contributed by atoms with Crippen molar-refractivity contribution in [2.45, 2.75) is 71.3 Å². The van der Waals surface area contributed by atoms with Crippen LogP contribution in [0.15, 0.2) is 0 Å². The van der Waals surface area contributed by atoms with Crippen molar-refractivity contribution in [2.24, 2.45) is 17.1 Å². The predicted octanol–water partition coefficient (Wildman–Crippen LogP) is 2.29. The van der Waals surface area contributed by atoms with E-state index in [4.69, 9.17) is 5.73 Å². The summed E-state index contributed by atoms with van der Waals surface area (Å²) in [6.45, 7) is 6.23. The number of carbonyl (C=O) groups excluding carboxylic acids is 1. The average Bonchev–Trinajstić information content (AvgIpc) is 2.50. The number of nitrogens with one attached hydrogen (secondary N) is 1. The van der Waals surface area contributed by atoms with Crippen LogP contribution in [0.4, 0.5) is 0 Å². The zero-order valence-corrected chi connectivity index (χ0v) is 13.6. The lowest BCUT2D eigenvalue weighted by atomic mass is 9.74. The van der Waals surface area contributed by atoms with E-state index in [1.165, 1.54) is 0 Å². The molecule has 1 saturated carbocycles. The van der Waals surface area contributed by atoms with E-state index in [1.54, 1.807) is 0 Å². The van der Waals surface area contributed by atoms with Gasteiger partial charge in [-0.25, -0.2) is 4.79 Å². The normalized spacial score (nSPS) is 26.4. The molecule has 0 saturated heterocycles. The van der Waals surface area contributed by atoms with Gasteiger partial charge in [-0.15, -0.1) is 0 Å². The predicted molar refractivity (Wildman–Crippen MR) is 82.8 cm³/mol. The van der Waals surface area contributed by atoms with Crippen molar-refractivity contribution in [2.75, 3.05) is 6.54 Å². The maximum Gasteiger partial charge on any atom is 0.329 e. The summed E-state index contributed by atoms with van der Waals surface area (Å²) in [6, 6.07) is 0. The number of carbonyl (C=O) groups is 2. The molecule has 1 aliphatic rings. The highest BCUT2D eigenvalue weighted by atomic mass is 16.4. The smallest absolute Gasteiger partial charge is 0.329 e. The highest BCUT2D eigenvalue weighted by molar-refractivity contribution is 5.90. The van der Waals surface area contributed by atoms with Gasteiger partial charge in [-0.2, -0.15) is 0 Å². The second-order valence-electron chi connectivity index (χ2n) is 6.38. The van der Waals surface area contributed by atoms with Crippen molar-refractivity contribution in [3.05, 3.63) is 0 Å². The molecule has 0 atom stereocenters. The molecule has 1 rings (SSSR count). The van der Waals surface area contributed by atoms with E-state index >= 15 is 0 Å².